The molecule has 0 radical (unpaired) electrons. The van der Waals surface area contributed by atoms with Gasteiger partial charge in [0.25, 0.3) is 5.69 Å². The van der Waals surface area contributed by atoms with Crippen LogP contribution in [-0.4, -0.2) is 29.5 Å². The van der Waals surface area contributed by atoms with Crippen molar-refractivity contribution in [2.75, 3.05) is 0 Å². The van der Waals surface area contributed by atoms with Gasteiger partial charge >= 0.3 is 0 Å². The Morgan fingerprint density at radius 3 is 2.16 bits per heavy atom. The fraction of sp³-hybridized carbons (Fsp3) is 0.0952. The van der Waals surface area contributed by atoms with E-state index < -0.39 is 4.92 Å². The van der Waals surface area contributed by atoms with E-state index in [0.717, 1.165) is 26.3 Å². The van der Waals surface area contributed by atoms with Gasteiger partial charge in [-0.25, -0.2) is 4.98 Å². The SMILES string of the molecule is Cn1ncc2c(-c3ncc(Br)cc3[N+](=O)[O-])cccc21.Cn1ncc2c(Br)cccc21. The molecule has 156 valence electrons. The highest BCUT2D eigenvalue weighted by Gasteiger charge is 2.20. The molecular weight excluding hydrogens is 528 g/mol. The van der Waals surface area contributed by atoms with E-state index >= 15 is 0 Å². The molecule has 0 bridgehead atoms. The van der Waals surface area contributed by atoms with Crippen LogP contribution >= 0.6 is 31.9 Å². The van der Waals surface area contributed by atoms with E-state index in [2.05, 4.69) is 47.0 Å². The van der Waals surface area contributed by atoms with Gasteiger partial charge in [0.15, 0.2) is 0 Å². The van der Waals surface area contributed by atoms with Crippen LogP contribution in [-0.2, 0) is 14.1 Å². The molecule has 0 atom stereocenters. The van der Waals surface area contributed by atoms with Gasteiger partial charge in [-0.3, -0.25) is 19.5 Å². The standard InChI is InChI=1S/C13H9BrN4O2.C8H7BrN2/c1-17-11-4-2-3-9(10(11)7-16-17)13-12(18(19)20)5-8(14)6-15-13;1-11-8-4-2-3-7(9)6(8)5-10-11/h2-7H,1H3;2-5H,1H3. The van der Waals surface area contributed by atoms with Crippen LogP contribution in [0.25, 0.3) is 33.1 Å². The Labute approximate surface area is 193 Å². The Morgan fingerprint density at radius 2 is 1.52 bits per heavy atom. The van der Waals surface area contributed by atoms with E-state index in [1.807, 2.05) is 61.4 Å². The molecular formula is C21H16Br2N6O2. The molecule has 8 nitrogen and oxygen atoms in total. The molecule has 3 heterocycles. The molecule has 0 fully saturated rings. The maximum Gasteiger partial charge on any atom is 0.296 e. The highest BCUT2D eigenvalue weighted by Crippen LogP contribution is 2.34. The van der Waals surface area contributed by atoms with Gasteiger partial charge in [-0.15, -0.1) is 0 Å². The quantitative estimate of drug-likeness (QED) is 0.212. The number of aromatic nitrogens is 5. The van der Waals surface area contributed by atoms with Gasteiger partial charge in [0, 0.05) is 51.6 Å². The Hall–Kier alpha value is -3.11. The molecule has 5 rings (SSSR count). The van der Waals surface area contributed by atoms with Crippen LogP contribution in [0.5, 0.6) is 0 Å². The Bertz CT molecular complexity index is 1430. The number of hydrogen-bond acceptors (Lipinski definition) is 5. The number of halogens is 2. The predicted octanol–water partition coefficient (Wildman–Crippen LogP) is 5.64. The molecule has 0 spiro atoms. The lowest BCUT2D eigenvalue weighted by Gasteiger charge is -2.04. The van der Waals surface area contributed by atoms with Crippen molar-refractivity contribution >= 4 is 59.4 Å². The topological polar surface area (TPSA) is 91.7 Å². The van der Waals surface area contributed by atoms with Crippen molar-refractivity contribution < 1.29 is 4.92 Å². The van der Waals surface area contributed by atoms with Crippen molar-refractivity contribution in [2.24, 2.45) is 14.1 Å². The van der Waals surface area contributed by atoms with E-state index in [9.17, 15) is 10.1 Å². The normalized spacial score (nSPS) is 10.8. The molecule has 0 aliphatic rings. The van der Waals surface area contributed by atoms with Crippen LogP contribution in [0.1, 0.15) is 0 Å². The third-order valence-corrected chi connectivity index (χ3v) is 5.94. The third-order valence-electron chi connectivity index (χ3n) is 4.82. The fourth-order valence-corrected chi connectivity index (χ4v) is 4.08. The average Bonchev–Trinajstić information content (AvgIpc) is 3.33. The molecule has 31 heavy (non-hydrogen) atoms. The van der Waals surface area contributed by atoms with Crippen molar-refractivity contribution in [3.8, 4) is 11.3 Å². The Morgan fingerprint density at radius 1 is 0.903 bits per heavy atom. The maximum absolute atomic E-state index is 11.2. The molecule has 3 aromatic heterocycles. The summed E-state index contributed by atoms with van der Waals surface area (Å²) < 4.78 is 5.26. The lowest BCUT2D eigenvalue weighted by atomic mass is 10.1. The van der Waals surface area contributed by atoms with Gasteiger partial charge in [-0.05, 0) is 34.1 Å². The van der Waals surface area contributed by atoms with Crippen LogP contribution in [0.2, 0.25) is 0 Å². The molecule has 0 saturated carbocycles. The second-order valence-electron chi connectivity index (χ2n) is 6.73. The first-order chi connectivity index (χ1) is 14.9. The number of benzene rings is 2. The number of nitro groups is 1. The summed E-state index contributed by atoms with van der Waals surface area (Å²) in [5.74, 6) is 0. The lowest BCUT2D eigenvalue weighted by Crippen LogP contribution is -1.95. The molecule has 5 aromatic rings. The first-order valence-electron chi connectivity index (χ1n) is 9.14. The molecule has 0 unspecified atom stereocenters. The number of nitrogens with zero attached hydrogens (tertiary/aromatic N) is 6. The second-order valence-corrected chi connectivity index (χ2v) is 8.50. The van der Waals surface area contributed by atoms with E-state index in [0.29, 0.717) is 15.7 Å². The summed E-state index contributed by atoms with van der Waals surface area (Å²) in [4.78, 5) is 15.0. The molecule has 10 heteroatoms. The van der Waals surface area contributed by atoms with Gasteiger partial charge in [0.05, 0.1) is 28.4 Å². The van der Waals surface area contributed by atoms with Gasteiger partial charge in [-0.2, -0.15) is 10.2 Å². The molecule has 0 amide bonds. The number of rotatable bonds is 2. The minimum atomic E-state index is -0.428. The zero-order chi connectivity index (χ0) is 22.1. The zero-order valence-electron chi connectivity index (χ0n) is 16.5. The molecule has 0 aliphatic heterocycles. The van der Waals surface area contributed by atoms with Gasteiger partial charge in [-0.1, -0.05) is 34.1 Å². The van der Waals surface area contributed by atoms with Crippen LogP contribution < -0.4 is 0 Å². The lowest BCUT2D eigenvalue weighted by molar-refractivity contribution is -0.384. The van der Waals surface area contributed by atoms with Crippen molar-refractivity contribution in [1.29, 1.82) is 0 Å². The summed E-state index contributed by atoms with van der Waals surface area (Å²) >= 11 is 6.66. The maximum atomic E-state index is 11.2. The summed E-state index contributed by atoms with van der Waals surface area (Å²) in [5.41, 5.74) is 3.07. The van der Waals surface area contributed by atoms with Gasteiger partial charge < -0.3 is 0 Å². The number of aryl methyl sites for hydroxylation is 2. The second kappa shape index (κ2) is 8.56. The van der Waals surface area contributed by atoms with Crippen molar-refractivity contribution in [2.45, 2.75) is 0 Å². The van der Waals surface area contributed by atoms with Crippen molar-refractivity contribution in [3.63, 3.8) is 0 Å². The van der Waals surface area contributed by atoms with Crippen LogP contribution in [0.15, 0.2) is 70.0 Å². The number of pyridine rings is 1. The average molecular weight is 544 g/mol. The van der Waals surface area contributed by atoms with Crippen molar-refractivity contribution in [1.82, 2.24) is 24.5 Å². The Kier molecular flexibility index (Phi) is 5.84. The molecule has 0 N–H and O–H groups in total. The van der Waals surface area contributed by atoms with Crippen molar-refractivity contribution in [3.05, 3.63) is 80.1 Å². The van der Waals surface area contributed by atoms with E-state index in [1.54, 1.807) is 17.1 Å². The molecule has 0 saturated heterocycles. The van der Waals surface area contributed by atoms with E-state index in [1.165, 1.54) is 6.07 Å². The van der Waals surface area contributed by atoms with Gasteiger partial charge in [0.2, 0.25) is 0 Å². The highest BCUT2D eigenvalue weighted by atomic mass is 79.9. The minimum absolute atomic E-state index is 0.0317. The highest BCUT2D eigenvalue weighted by molar-refractivity contribution is 9.11. The monoisotopic (exact) mass is 542 g/mol. The third kappa shape index (κ3) is 4.08. The van der Waals surface area contributed by atoms with Gasteiger partial charge in [0.1, 0.15) is 5.69 Å². The number of fused-ring (bicyclic) bond motifs is 2. The summed E-state index contributed by atoms with van der Waals surface area (Å²) in [5, 5.41) is 21.5. The Balaban J connectivity index is 0.000000177. The summed E-state index contributed by atoms with van der Waals surface area (Å²) in [6.45, 7) is 0. The molecule has 2 aromatic carbocycles. The first-order valence-corrected chi connectivity index (χ1v) is 10.7. The summed E-state index contributed by atoms with van der Waals surface area (Å²) in [7, 11) is 3.77. The smallest absolute Gasteiger partial charge is 0.268 e. The van der Waals surface area contributed by atoms with Crippen LogP contribution in [0.3, 0.4) is 0 Å². The zero-order valence-corrected chi connectivity index (χ0v) is 19.7. The fourth-order valence-electron chi connectivity index (χ4n) is 3.30. The van der Waals surface area contributed by atoms with Crippen LogP contribution in [0, 0.1) is 10.1 Å². The van der Waals surface area contributed by atoms with Crippen LogP contribution in [0.4, 0.5) is 5.69 Å². The molecule has 0 aliphatic carbocycles. The number of hydrogen-bond donors (Lipinski definition) is 0. The predicted molar refractivity (Wildman–Crippen MR) is 127 cm³/mol. The van der Waals surface area contributed by atoms with E-state index in [-0.39, 0.29) is 5.69 Å². The largest absolute Gasteiger partial charge is 0.296 e. The minimum Gasteiger partial charge on any atom is -0.268 e. The summed E-state index contributed by atoms with van der Waals surface area (Å²) in [6.07, 6.45) is 5.11. The summed E-state index contributed by atoms with van der Waals surface area (Å²) in [6, 6.07) is 13.1. The van der Waals surface area contributed by atoms with E-state index in [4.69, 9.17) is 0 Å². The first kappa shape index (κ1) is 21.1.